The molecule has 2 heteroatoms. The van der Waals surface area contributed by atoms with Gasteiger partial charge in [0.25, 0.3) is 0 Å². The van der Waals surface area contributed by atoms with Crippen LogP contribution in [0.2, 0.25) is 0 Å². The summed E-state index contributed by atoms with van der Waals surface area (Å²) in [5.74, 6) is 2.31. The molecule has 16 heavy (non-hydrogen) atoms. The van der Waals surface area contributed by atoms with Gasteiger partial charge in [0, 0.05) is 6.04 Å². The lowest BCUT2D eigenvalue weighted by Gasteiger charge is -2.33. The fraction of sp³-hybridized carbons (Fsp3) is 1.00. The minimum atomic E-state index is -0.166. The molecular formula is C14H29NO. The van der Waals surface area contributed by atoms with E-state index < -0.39 is 0 Å². The lowest BCUT2D eigenvalue weighted by atomic mass is 9.80. The maximum Gasteiger partial charge on any atom is 0.0515 e. The van der Waals surface area contributed by atoms with Crippen LogP contribution in [0.5, 0.6) is 0 Å². The highest BCUT2D eigenvalue weighted by Crippen LogP contribution is 2.28. The number of rotatable bonds is 5. The monoisotopic (exact) mass is 227 g/mol. The maximum atomic E-state index is 9.32. The molecule has 0 aliphatic heterocycles. The molecule has 0 aromatic carbocycles. The summed E-state index contributed by atoms with van der Waals surface area (Å²) in [6.07, 6.45) is 4.78. The minimum absolute atomic E-state index is 0.166. The van der Waals surface area contributed by atoms with E-state index in [-0.39, 0.29) is 6.10 Å². The standard InChI is InChI=1S/C14H29NO/c1-10-5-11(2)8-14(7-10)15-9-12(3)6-13(4)16/h10-16H,5-9H2,1-4H3. The third-order valence-electron chi connectivity index (χ3n) is 3.68. The van der Waals surface area contributed by atoms with E-state index in [1.807, 2.05) is 6.92 Å². The van der Waals surface area contributed by atoms with Crippen molar-refractivity contribution in [3.8, 4) is 0 Å². The third kappa shape index (κ3) is 5.31. The molecule has 96 valence electrons. The molecular weight excluding hydrogens is 198 g/mol. The van der Waals surface area contributed by atoms with Crippen LogP contribution in [0.4, 0.5) is 0 Å². The van der Waals surface area contributed by atoms with Crippen molar-refractivity contribution in [2.75, 3.05) is 6.54 Å². The molecule has 1 aliphatic rings. The van der Waals surface area contributed by atoms with E-state index in [0.717, 1.165) is 24.8 Å². The zero-order chi connectivity index (χ0) is 12.1. The Bertz CT molecular complexity index is 183. The molecule has 0 amide bonds. The van der Waals surface area contributed by atoms with Crippen LogP contribution in [-0.4, -0.2) is 23.8 Å². The largest absolute Gasteiger partial charge is 0.393 e. The molecule has 0 aromatic heterocycles. The first-order chi connectivity index (χ1) is 7.47. The lowest BCUT2D eigenvalue weighted by molar-refractivity contribution is 0.158. The Morgan fingerprint density at radius 3 is 2.19 bits per heavy atom. The Balaban J connectivity index is 2.21. The fourth-order valence-corrected chi connectivity index (χ4v) is 3.15. The van der Waals surface area contributed by atoms with Crippen molar-refractivity contribution in [1.29, 1.82) is 0 Å². The first-order valence-electron chi connectivity index (χ1n) is 6.88. The van der Waals surface area contributed by atoms with Gasteiger partial charge in [-0.25, -0.2) is 0 Å². The topological polar surface area (TPSA) is 32.3 Å². The van der Waals surface area contributed by atoms with Gasteiger partial charge in [-0.3, -0.25) is 0 Å². The smallest absolute Gasteiger partial charge is 0.0515 e. The average Bonchev–Trinajstić information content (AvgIpc) is 2.12. The van der Waals surface area contributed by atoms with E-state index in [1.165, 1.54) is 19.3 Å². The van der Waals surface area contributed by atoms with Gasteiger partial charge in [-0.1, -0.05) is 20.8 Å². The maximum absolute atomic E-state index is 9.32. The number of aliphatic hydroxyl groups is 1. The summed E-state index contributed by atoms with van der Waals surface area (Å²) < 4.78 is 0. The molecule has 0 spiro atoms. The van der Waals surface area contributed by atoms with Crippen LogP contribution in [0.15, 0.2) is 0 Å². The van der Waals surface area contributed by atoms with Crippen LogP contribution < -0.4 is 5.32 Å². The minimum Gasteiger partial charge on any atom is -0.393 e. The van der Waals surface area contributed by atoms with Gasteiger partial charge < -0.3 is 10.4 Å². The van der Waals surface area contributed by atoms with E-state index in [2.05, 4.69) is 26.1 Å². The number of aliphatic hydroxyl groups excluding tert-OH is 1. The Labute approximate surface area is 101 Å². The predicted octanol–water partition coefficient (Wildman–Crippen LogP) is 2.81. The van der Waals surface area contributed by atoms with Gasteiger partial charge in [-0.05, 0) is 56.9 Å². The molecule has 0 heterocycles. The van der Waals surface area contributed by atoms with E-state index >= 15 is 0 Å². The molecule has 1 rings (SSSR count). The summed E-state index contributed by atoms with van der Waals surface area (Å²) in [6.45, 7) is 9.87. The lowest BCUT2D eigenvalue weighted by Crippen LogP contribution is -2.38. The molecule has 1 saturated carbocycles. The Morgan fingerprint density at radius 2 is 1.69 bits per heavy atom. The Morgan fingerprint density at radius 1 is 1.12 bits per heavy atom. The van der Waals surface area contributed by atoms with E-state index in [1.54, 1.807) is 0 Å². The Kier molecular flexibility index (Phi) is 5.77. The van der Waals surface area contributed by atoms with E-state index in [4.69, 9.17) is 0 Å². The van der Waals surface area contributed by atoms with Gasteiger partial charge in [0.2, 0.25) is 0 Å². The highest BCUT2D eigenvalue weighted by atomic mass is 16.3. The molecule has 1 fully saturated rings. The zero-order valence-electron chi connectivity index (χ0n) is 11.4. The SMILES string of the molecule is CC(O)CC(C)CNC1CC(C)CC(C)C1. The van der Waals surface area contributed by atoms with Crippen molar-refractivity contribution in [3.63, 3.8) is 0 Å². The van der Waals surface area contributed by atoms with Crippen LogP contribution in [0.3, 0.4) is 0 Å². The van der Waals surface area contributed by atoms with Crippen molar-refractivity contribution >= 4 is 0 Å². The van der Waals surface area contributed by atoms with Crippen LogP contribution in [0.25, 0.3) is 0 Å². The molecule has 4 atom stereocenters. The third-order valence-corrected chi connectivity index (χ3v) is 3.68. The summed E-state index contributed by atoms with van der Waals surface area (Å²) >= 11 is 0. The quantitative estimate of drug-likeness (QED) is 0.757. The Hall–Kier alpha value is -0.0800. The average molecular weight is 227 g/mol. The molecule has 1 aliphatic carbocycles. The summed E-state index contributed by atoms with van der Waals surface area (Å²) in [6, 6.07) is 0.704. The molecule has 4 unspecified atom stereocenters. The van der Waals surface area contributed by atoms with Crippen molar-refractivity contribution in [3.05, 3.63) is 0 Å². The molecule has 2 nitrogen and oxygen atoms in total. The van der Waals surface area contributed by atoms with Crippen molar-refractivity contribution in [1.82, 2.24) is 5.32 Å². The zero-order valence-corrected chi connectivity index (χ0v) is 11.4. The molecule has 2 N–H and O–H groups in total. The van der Waals surface area contributed by atoms with Gasteiger partial charge in [0.05, 0.1) is 6.10 Å². The molecule has 0 saturated heterocycles. The van der Waals surface area contributed by atoms with Gasteiger partial charge in [0.1, 0.15) is 0 Å². The second-order valence-electron chi connectivity index (χ2n) is 6.21. The van der Waals surface area contributed by atoms with Gasteiger partial charge in [-0.15, -0.1) is 0 Å². The van der Waals surface area contributed by atoms with Crippen molar-refractivity contribution < 1.29 is 5.11 Å². The highest BCUT2D eigenvalue weighted by Gasteiger charge is 2.23. The second-order valence-corrected chi connectivity index (χ2v) is 6.21. The van der Waals surface area contributed by atoms with Crippen molar-refractivity contribution in [2.24, 2.45) is 17.8 Å². The number of hydrogen-bond donors (Lipinski definition) is 2. The first kappa shape index (κ1) is 14.0. The normalized spacial score (nSPS) is 34.7. The summed E-state index contributed by atoms with van der Waals surface area (Å²) in [5.41, 5.74) is 0. The summed E-state index contributed by atoms with van der Waals surface area (Å²) in [7, 11) is 0. The van der Waals surface area contributed by atoms with Crippen LogP contribution in [0.1, 0.15) is 53.4 Å². The second kappa shape index (κ2) is 6.61. The van der Waals surface area contributed by atoms with Crippen LogP contribution in [-0.2, 0) is 0 Å². The highest BCUT2D eigenvalue weighted by molar-refractivity contribution is 4.80. The van der Waals surface area contributed by atoms with Crippen LogP contribution >= 0.6 is 0 Å². The molecule has 0 radical (unpaired) electrons. The van der Waals surface area contributed by atoms with Gasteiger partial charge >= 0.3 is 0 Å². The van der Waals surface area contributed by atoms with Crippen molar-refractivity contribution in [2.45, 2.75) is 65.5 Å². The fourth-order valence-electron chi connectivity index (χ4n) is 3.15. The first-order valence-corrected chi connectivity index (χ1v) is 6.88. The number of nitrogens with one attached hydrogen (secondary N) is 1. The van der Waals surface area contributed by atoms with E-state index in [9.17, 15) is 5.11 Å². The van der Waals surface area contributed by atoms with Gasteiger partial charge in [0.15, 0.2) is 0 Å². The molecule has 0 aromatic rings. The van der Waals surface area contributed by atoms with Crippen LogP contribution in [0, 0.1) is 17.8 Å². The summed E-state index contributed by atoms with van der Waals surface area (Å²) in [4.78, 5) is 0. The summed E-state index contributed by atoms with van der Waals surface area (Å²) in [5, 5.41) is 13.0. The molecule has 0 bridgehead atoms. The van der Waals surface area contributed by atoms with E-state index in [0.29, 0.717) is 12.0 Å². The number of hydrogen-bond acceptors (Lipinski definition) is 2. The predicted molar refractivity (Wildman–Crippen MR) is 69.4 cm³/mol. The van der Waals surface area contributed by atoms with Gasteiger partial charge in [-0.2, -0.15) is 0 Å².